The maximum absolute atomic E-state index is 2.31. The Morgan fingerprint density at radius 1 is 0.209 bits per heavy atom. The fraction of sp³-hybridized carbons (Fsp3) is 0. The summed E-state index contributed by atoms with van der Waals surface area (Å²) in [4.78, 5) is 2.31. The van der Waals surface area contributed by atoms with Crippen LogP contribution >= 0.6 is 0 Å². The van der Waals surface area contributed by atoms with Crippen molar-refractivity contribution < 1.29 is 0 Å². The molecule has 0 aliphatic carbocycles. The maximum atomic E-state index is 2.31. The Labute approximate surface area is 254 Å². The van der Waals surface area contributed by atoms with E-state index in [2.05, 4.69) is 193 Å². The van der Waals surface area contributed by atoms with Gasteiger partial charge in [0.05, 0.1) is 0 Å². The van der Waals surface area contributed by atoms with Crippen LogP contribution in [0.5, 0.6) is 0 Å². The van der Waals surface area contributed by atoms with Gasteiger partial charge in [0.2, 0.25) is 0 Å². The van der Waals surface area contributed by atoms with Gasteiger partial charge in [0.1, 0.15) is 0 Å². The molecule has 0 saturated carbocycles. The number of rotatable bonds is 7. The second kappa shape index (κ2) is 12.1. The summed E-state index contributed by atoms with van der Waals surface area (Å²) in [5.41, 5.74) is 13.1. The lowest BCUT2D eigenvalue weighted by Crippen LogP contribution is -2.09. The van der Waals surface area contributed by atoms with Crippen molar-refractivity contribution in [3.05, 3.63) is 188 Å². The molecule has 43 heavy (non-hydrogen) atoms. The molecular weight excluding hydrogens is 518 g/mol. The molecule has 0 unspecified atom stereocenters. The first-order valence-corrected chi connectivity index (χ1v) is 14.7. The number of benzene rings is 7. The molecule has 0 N–H and O–H groups in total. The topological polar surface area (TPSA) is 3.24 Å². The zero-order valence-corrected chi connectivity index (χ0v) is 23.8. The molecule has 0 heterocycles. The molecule has 0 bridgehead atoms. The van der Waals surface area contributed by atoms with Gasteiger partial charge in [-0.2, -0.15) is 0 Å². The summed E-state index contributed by atoms with van der Waals surface area (Å²) in [7, 11) is 0. The van der Waals surface area contributed by atoms with E-state index in [4.69, 9.17) is 0 Å². The Hall–Kier alpha value is -5.66. The Kier molecular flexibility index (Phi) is 7.36. The van der Waals surface area contributed by atoms with Crippen LogP contribution in [0.4, 0.5) is 17.1 Å². The predicted octanol–water partition coefficient (Wildman–Crippen LogP) is 11.8. The van der Waals surface area contributed by atoms with Gasteiger partial charge < -0.3 is 4.90 Å². The molecule has 1 heteroatoms. The van der Waals surface area contributed by atoms with Crippen molar-refractivity contribution in [1.29, 1.82) is 0 Å². The van der Waals surface area contributed by atoms with Crippen LogP contribution in [-0.2, 0) is 0 Å². The molecule has 0 atom stereocenters. The van der Waals surface area contributed by atoms with Crippen molar-refractivity contribution >= 4 is 17.1 Å². The summed E-state index contributed by atoms with van der Waals surface area (Å²) in [6.45, 7) is 0. The number of para-hydroxylation sites is 2. The zero-order valence-electron chi connectivity index (χ0n) is 23.8. The lowest BCUT2D eigenvalue weighted by atomic mass is 9.95. The molecule has 0 aromatic heterocycles. The number of hydrogen-bond acceptors (Lipinski definition) is 1. The lowest BCUT2D eigenvalue weighted by Gasteiger charge is -2.26. The van der Waals surface area contributed by atoms with Gasteiger partial charge in [0, 0.05) is 17.1 Å². The SMILES string of the molecule is c1ccc(-c2cccc(-c3cccc(-c4cccc(-c5cccc(N(c6ccccc6)c6ccccc6)c5)c4)c3)c2)cc1. The fourth-order valence-corrected chi connectivity index (χ4v) is 5.69. The summed E-state index contributed by atoms with van der Waals surface area (Å²) in [6, 6.07) is 67.0. The molecular formula is C42H31N. The summed E-state index contributed by atoms with van der Waals surface area (Å²) >= 11 is 0. The standard InChI is InChI=1S/C42H31N/c1-4-14-32(15-5-1)33-16-10-17-34(28-33)35-18-11-19-36(29-35)37-20-12-21-38(30-37)39-22-13-27-42(31-39)43(40-23-6-2-7-24-40)41-25-8-3-9-26-41/h1-31H. The normalized spacial score (nSPS) is 10.8. The van der Waals surface area contributed by atoms with Gasteiger partial charge in [-0.15, -0.1) is 0 Å². The first-order valence-electron chi connectivity index (χ1n) is 14.7. The Balaban J connectivity index is 1.23. The maximum Gasteiger partial charge on any atom is 0.0467 e. The largest absolute Gasteiger partial charge is 0.310 e. The molecule has 0 aliphatic heterocycles. The highest BCUT2D eigenvalue weighted by Crippen LogP contribution is 2.37. The molecule has 0 aliphatic rings. The van der Waals surface area contributed by atoms with E-state index in [0.29, 0.717) is 0 Å². The number of hydrogen-bond donors (Lipinski definition) is 0. The Bertz CT molecular complexity index is 1920. The van der Waals surface area contributed by atoms with Crippen molar-refractivity contribution in [2.45, 2.75) is 0 Å². The first kappa shape index (κ1) is 26.3. The van der Waals surface area contributed by atoms with E-state index in [1.165, 1.54) is 44.5 Å². The van der Waals surface area contributed by atoms with Gasteiger partial charge in [-0.05, 0) is 99.1 Å². The van der Waals surface area contributed by atoms with E-state index >= 15 is 0 Å². The van der Waals surface area contributed by atoms with Gasteiger partial charge in [0.25, 0.3) is 0 Å². The molecule has 0 spiro atoms. The highest BCUT2D eigenvalue weighted by atomic mass is 15.1. The Morgan fingerprint density at radius 3 is 0.907 bits per heavy atom. The minimum absolute atomic E-state index is 1.13. The van der Waals surface area contributed by atoms with Gasteiger partial charge in [-0.3, -0.25) is 0 Å². The Morgan fingerprint density at radius 2 is 0.488 bits per heavy atom. The van der Waals surface area contributed by atoms with Crippen molar-refractivity contribution in [3.63, 3.8) is 0 Å². The van der Waals surface area contributed by atoms with E-state index in [0.717, 1.165) is 17.1 Å². The van der Waals surface area contributed by atoms with Gasteiger partial charge in [-0.1, -0.05) is 133 Å². The molecule has 0 fully saturated rings. The van der Waals surface area contributed by atoms with E-state index in [1.54, 1.807) is 0 Å². The summed E-state index contributed by atoms with van der Waals surface area (Å²) < 4.78 is 0. The van der Waals surface area contributed by atoms with Crippen LogP contribution in [0.1, 0.15) is 0 Å². The quantitative estimate of drug-likeness (QED) is 0.191. The van der Waals surface area contributed by atoms with Crippen LogP contribution in [0.3, 0.4) is 0 Å². The molecule has 0 radical (unpaired) electrons. The highest BCUT2D eigenvalue weighted by molar-refractivity contribution is 5.82. The molecule has 204 valence electrons. The van der Waals surface area contributed by atoms with Crippen LogP contribution in [0.15, 0.2) is 188 Å². The van der Waals surface area contributed by atoms with Gasteiger partial charge in [-0.25, -0.2) is 0 Å². The summed E-state index contributed by atoms with van der Waals surface area (Å²) in [5.74, 6) is 0. The van der Waals surface area contributed by atoms with Crippen molar-refractivity contribution in [3.8, 4) is 44.5 Å². The third-order valence-corrected chi connectivity index (χ3v) is 7.83. The predicted molar refractivity (Wildman–Crippen MR) is 183 cm³/mol. The first-order chi connectivity index (χ1) is 21.3. The van der Waals surface area contributed by atoms with Gasteiger partial charge >= 0.3 is 0 Å². The summed E-state index contributed by atoms with van der Waals surface area (Å²) in [5, 5.41) is 0. The number of nitrogens with zero attached hydrogens (tertiary/aromatic N) is 1. The smallest absolute Gasteiger partial charge is 0.0467 e. The van der Waals surface area contributed by atoms with E-state index in [-0.39, 0.29) is 0 Å². The van der Waals surface area contributed by atoms with Crippen LogP contribution in [0.2, 0.25) is 0 Å². The van der Waals surface area contributed by atoms with Crippen LogP contribution in [0.25, 0.3) is 44.5 Å². The van der Waals surface area contributed by atoms with Crippen molar-refractivity contribution in [1.82, 2.24) is 0 Å². The third-order valence-electron chi connectivity index (χ3n) is 7.83. The van der Waals surface area contributed by atoms with Crippen molar-refractivity contribution in [2.75, 3.05) is 4.90 Å². The molecule has 7 aromatic carbocycles. The minimum Gasteiger partial charge on any atom is -0.310 e. The molecule has 0 saturated heterocycles. The average molecular weight is 550 g/mol. The van der Waals surface area contributed by atoms with E-state index in [9.17, 15) is 0 Å². The van der Waals surface area contributed by atoms with Crippen LogP contribution < -0.4 is 4.90 Å². The summed E-state index contributed by atoms with van der Waals surface area (Å²) in [6.07, 6.45) is 0. The molecule has 0 amide bonds. The second-order valence-corrected chi connectivity index (χ2v) is 10.7. The van der Waals surface area contributed by atoms with E-state index in [1.807, 2.05) is 0 Å². The molecule has 7 rings (SSSR count). The highest BCUT2D eigenvalue weighted by Gasteiger charge is 2.13. The number of anilines is 3. The van der Waals surface area contributed by atoms with Crippen molar-refractivity contribution in [2.24, 2.45) is 0 Å². The van der Waals surface area contributed by atoms with E-state index < -0.39 is 0 Å². The van der Waals surface area contributed by atoms with Crippen LogP contribution in [0, 0.1) is 0 Å². The monoisotopic (exact) mass is 549 g/mol. The fourth-order valence-electron chi connectivity index (χ4n) is 5.69. The average Bonchev–Trinajstić information content (AvgIpc) is 3.10. The minimum atomic E-state index is 1.13. The molecule has 7 aromatic rings. The van der Waals surface area contributed by atoms with Gasteiger partial charge in [0.15, 0.2) is 0 Å². The van der Waals surface area contributed by atoms with Crippen LogP contribution in [-0.4, -0.2) is 0 Å². The zero-order chi connectivity index (χ0) is 28.8. The molecule has 1 nitrogen and oxygen atoms in total. The second-order valence-electron chi connectivity index (χ2n) is 10.7. The lowest BCUT2D eigenvalue weighted by molar-refractivity contribution is 1.28. The third kappa shape index (κ3) is 5.75.